The van der Waals surface area contributed by atoms with Crippen LogP contribution in [0.1, 0.15) is 51.5 Å². The van der Waals surface area contributed by atoms with Crippen molar-refractivity contribution < 1.29 is 19.4 Å². The van der Waals surface area contributed by atoms with Crippen molar-refractivity contribution in [1.29, 1.82) is 0 Å². The zero-order chi connectivity index (χ0) is 21.4. The third-order valence-corrected chi connectivity index (χ3v) is 4.70. The van der Waals surface area contributed by atoms with Gasteiger partial charge in [0.1, 0.15) is 12.4 Å². The second kappa shape index (κ2) is 10.5. The average Bonchev–Trinajstić information content (AvgIpc) is 2.76. The number of hydrogen-bond donors (Lipinski definition) is 3. The molecule has 0 radical (unpaired) electrons. The van der Waals surface area contributed by atoms with Crippen molar-refractivity contribution in [3.05, 3.63) is 23.8 Å². The number of ether oxygens (including phenoxy) is 1. The number of aliphatic carboxylic acids is 1. The highest BCUT2D eigenvalue weighted by molar-refractivity contribution is 7.81. The summed E-state index contributed by atoms with van der Waals surface area (Å²) in [5.41, 5.74) is 3.03. The summed E-state index contributed by atoms with van der Waals surface area (Å²) in [6.45, 7) is 5.31. The molecule has 1 aromatic carbocycles. The molecule has 1 aliphatic heterocycles. The smallest absolute Gasteiger partial charge is 0.303 e. The molecule has 8 heteroatoms. The molecule has 0 spiro atoms. The van der Waals surface area contributed by atoms with E-state index in [1.165, 1.54) is 0 Å². The topological polar surface area (TPSA) is 91.2 Å². The summed E-state index contributed by atoms with van der Waals surface area (Å²) in [5.74, 6) is -0.168. The van der Waals surface area contributed by atoms with Gasteiger partial charge in [0.15, 0.2) is 0 Å². The molecule has 1 aliphatic rings. The Labute approximate surface area is 177 Å². The number of carbonyl (C=O) groups excluding carboxylic acids is 1. The fourth-order valence-corrected chi connectivity index (χ4v) is 3.30. The lowest BCUT2D eigenvalue weighted by molar-refractivity contribution is -0.137. The number of amides is 1. The van der Waals surface area contributed by atoms with Crippen LogP contribution >= 0.6 is 12.6 Å². The Morgan fingerprint density at radius 2 is 2.14 bits per heavy atom. The van der Waals surface area contributed by atoms with Gasteiger partial charge in [0.05, 0.1) is 6.61 Å². The largest absolute Gasteiger partial charge is 0.494 e. The standard InChI is InChI=1S/C21H31N3O4S/c1-21(2,29)13-19(25)23-14-22-17-6-4-10-24(3)18-12-15(8-9-16(17)18)28-11-5-7-20(26)27/h8-9,12,29H,4-7,10-11,13-14H2,1-3H3,(H,23,25)(H,26,27)/b22-17+. The molecule has 0 unspecified atom stereocenters. The number of nitrogens with zero attached hydrogens (tertiary/aromatic N) is 2. The lowest BCUT2D eigenvalue weighted by Crippen LogP contribution is -2.29. The van der Waals surface area contributed by atoms with Gasteiger partial charge in [0.2, 0.25) is 5.91 Å². The molecule has 0 fully saturated rings. The molecule has 0 saturated heterocycles. The lowest BCUT2D eigenvalue weighted by atomic mass is 10.0. The first-order chi connectivity index (χ1) is 13.7. The number of anilines is 1. The first-order valence-electron chi connectivity index (χ1n) is 9.88. The summed E-state index contributed by atoms with van der Waals surface area (Å²) < 4.78 is 5.36. The van der Waals surface area contributed by atoms with Gasteiger partial charge in [-0.1, -0.05) is 13.8 Å². The summed E-state index contributed by atoms with van der Waals surface area (Å²) in [6, 6.07) is 5.84. The molecule has 7 nitrogen and oxygen atoms in total. The van der Waals surface area contributed by atoms with Crippen LogP contribution in [0.5, 0.6) is 5.75 Å². The number of hydrogen-bond acceptors (Lipinski definition) is 6. The number of thiol groups is 1. The van der Waals surface area contributed by atoms with Gasteiger partial charge < -0.3 is 20.1 Å². The number of carboxylic acid groups (broad SMARTS) is 1. The van der Waals surface area contributed by atoms with Crippen molar-refractivity contribution in [3.63, 3.8) is 0 Å². The Bertz CT molecular complexity index is 759. The van der Waals surface area contributed by atoms with E-state index in [-0.39, 0.29) is 23.7 Å². The monoisotopic (exact) mass is 421 g/mol. The van der Waals surface area contributed by atoms with Crippen LogP contribution in [-0.2, 0) is 9.59 Å². The molecule has 0 aliphatic carbocycles. The number of fused-ring (bicyclic) bond motifs is 1. The molecule has 0 bridgehead atoms. The summed E-state index contributed by atoms with van der Waals surface area (Å²) in [4.78, 5) is 29.4. The molecule has 160 valence electrons. The number of nitrogens with one attached hydrogen (secondary N) is 1. The van der Waals surface area contributed by atoms with Gasteiger partial charge in [0, 0.05) is 54.2 Å². The van der Waals surface area contributed by atoms with Crippen molar-refractivity contribution >= 4 is 35.9 Å². The van der Waals surface area contributed by atoms with E-state index in [1.807, 2.05) is 39.1 Å². The van der Waals surface area contributed by atoms with Gasteiger partial charge in [0.25, 0.3) is 0 Å². The van der Waals surface area contributed by atoms with Crippen molar-refractivity contribution in [2.45, 2.75) is 50.7 Å². The van der Waals surface area contributed by atoms with E-state index in [4.69, 9.17) is 9.84 Å². The van der Waals surface area contributed by atoms with Gasteiger partial charge in [-0.3, -0.25) is 14.6 Å². The van der Waals surface area contributed by atoms with Gasteiger partial charge in [-0.2, -0.15) is 12.6 Å². The highest BCUT2D eigenvalue weighted by Gasteiger charge is 2.19. The Hall–Kier alpha value is -2.22. The van der Waals surface area contributed by atoms with Crippen molar-refractivity contribution in [2.75, 3.05) is 31.8 Å². The lowest BCUT2D eigenvalue weighted by Gasteiger charge is -2.20. The van der Waals surface area contributed by atoms with E-state index >= 15 is 0 Å². The highest BCUT2D eigenvalue weighted by Crippen LogP contribution is 2.30. The average molecular weight is 422 g/mol. The first-order valence-corrected chi connectivity index (χ1v) is 10.3. The van der Waals surface area contributed by atoms with Crippen LogP contribution in [0.3, 0.4) is 0 Å². The van der Waals surface area contributed by atoms with E-state index in [9.17, 15) is 9.59 Å². The fourth-order valence-electron chi connectivity index (χ4n) is 3.16. The molecule has 0 aromatic heterocycles. The minimum Gasteiger partial charge on any atom is -0.494 e. The summed E-state index contributed by atoms with van der Waals surface area (Å²) in [6.07, 6.45) is 2.71. The maximum absolute atomic E-state index is 12.0. The molecule has 0 atom stereocenters. The third kappa shape index (κ3) is 7.97. The summed E-state index contributed by atoms with van der Waals surface area (Å²) >= 11 is 4.39. The van der Waals surface area contributed by atoms with E-state index in [2.05, 4.69) is 27.8 Å². The zero-order valence-electron chi connectivity index (χ0n) is 17.4. The Kier molecular flexibility index (Phi) is 8.37. The van der Waals surface area contributed by atoms with E-state index in [1.54, 1.807) is 0 Å². The Morgan fingerprint density at radius 3 is 2.83 bits per heavy atom. The van der Waals surface area contributed by atoms with Gasteiger partial charge in [-0.15, -0.1) is 0 Å². The summed E-state index contributed by atoms with van der Waals surface area (Å²) in [7, 11) is 2.03. The number of carboxylic acids is 1. The Balaban J connectivity index is 2.06. The predicted octanol–water partition coefficient (Wildman–Crippen LogP) is 3.12. The summed E-state index contributed by atoms with van der Waals surface area (Å²) in [5, 5.41) is 11.6. The van der Waals surface area contributed by atoms with Gasteiger partial charge in [-0.25, -0.2) is 0 Å². The number of rotatable bonds is 9. The van der Waals surface area contributed by atoms with Crippen LogP contribution in [0.2, 0.25) is 0 Å². The second-order valence-corrected chi connectivity index (χ2v) is 9.11. The van der Waals surface area contributed by atoms with E-state index in [0.29, 0.717) is 25.2 Å². The zero-order valence-corrected chi connectivity index (χ0v) is 18.3. The molecule has 1 heterocycles. The van der Waals surface area contributed by atoms with Crippen LogP contribution in [0.4, 0.5) is 5.69 Å². The molecular formula is C21H31N3O4S. The number of carbonyl (C=O) groups is 2. The van der Waals surface area contributed by atoms with Crippen LogP contribution in [0.15, 0.2) is 23.2 Å². The second-order valence-electron chi connectivity index (χ2n) is 7.90. The van der Waals surface area contributed by atoms with Crippen molar-refractivity contribution in [1.82, 2.24) is 5.32 Å². The van der Waals surface area contributed by atoms with Gasteiger partial charge in [-0.05, 0) is 31.4 Å². The minimum atomic E-state index is -0.818. The maximum atomic E-state index is 12.0. The molecule has 1 aromatic rings. The Morgan fingerprint density at radius 1 is 1.38 bits per heavy atom. The van der Waals surface area contributed by atoms with Crippen LogP contribution < -0.4 is 15.0 Å². The molecule has 1 amide bonds. The molecule has 2 rings (SSSR count). The quantitative estimate of drug-likeness (QED) is 0.421. The maximum Gasteiger partial charge on any atom is 0.303 e. The number of benzene rings is 1. The van der Waals surface area contributed by atoms with E-state index in [0.717, 1.165) is 36.3 Å². The van der Waals surface area contributed by atoms with Crippen molar-refractivity contribution in [2.24, 2.45) is 4.99 Å². The predicted molar refractivity (Wildman–Crippen MR) is 119 cm³/mol. The highest BCUT2D eigenvalue weighted by atomic mass is 32.1. The van der Waals surface area contributed by atoms with Crippen LogP contribution in [0, 0.1) is 0 Å². The number of aliphatic imine (C=N–C) groups is 1. The van der Waals surface area contributed by atoms with Gasteiger partial charge >= 0.3 is 5.97 Å². The first kappa shape index (κ1) is 23.1. The van der Waals surface area contributed by atoms with E-state index < -0.39 is 5.97 Å². The molecule has 0 saturated carbocycles. The molecule has 29 heavy (non-hydrogen) atoms. The van der Waals surface area contributed by atoms with Crippen LogP contribution in [-0.4, -0.2) is 54.3 Å². The normalized spacial score (nSPS) is 15.6. The third-order valence-electron chi connectivity index (χ3n) is 4.54. The SMILES string of the molecule is CN1CCC/C(=N\CNC(=O)CC(C)(C)S)c2ccc(OCCCC(=O)O)cc21. The fraction of sp³-hybridized carbons (Fsp3) is 0.571. The minimum absolute atomic E-state index is 0.0644. The molecular weight excluding hydrogens is 390 g/mol. The van der Waals surface area contributed by atoms with Crippen molar-refractivity contribution in [3.8, 4) is 5.75 Å². The van der Waals surface area contributed by atoms with Crippen LogP contribution in [0.25, 0.3) is 0 Å². The molecule has 2 N–H and O–H groups in total.